The van der Waals surface area contributed by atoms with Crippen LogP contribution in [0.15, 0.2) is 36.4 Å². The number of fused-ring (bicyclic) bond motifs is 3. The van der Waals surface area contributed by atoms with Crippen LogP contribution < -0.4 is 19.7 Å². The van der Waals surface area contributed by atoms with E-state index >= 15 is 0 Å². The Balaban J connectivity index is 1.29. The quantitative estimate of drug-likeness (QED) is 0.359. The van der Waals surface area contributed by atoms with E-state index in [1.54, 1.807) is 7.11 Å². The molecule has 0 amide bonds. The first-order chi connectivity index (χ1) is 20.1. The molecular weight excluding hydrogens is 524 g/mol. The Morgan fingerprint density at radius 1 is 1.05 bits per heavy atom. The van der Waals surface area contributed by atoms with Crippen molar-refractivity contribution in [1.29, 1.82) is 0 Å². The minimum atomic E-state index is -0.580. The van der Waals surface area contributed by atoms with Crippen LogP contribution in [0, 0.1) is 0 Å². The van der Waals surface area contributed by atoms with Crippen molar-refractivity contribution in [3.8, 4) is 11.5 Å². The lowest BCUT2D eigenvalue weighted by Crippen LogP contribution is -2.54. The minimum Gasteiger partial charge on any atom is -0.491 e. The zero-order valence-electron chi connectivity index (χ0n) is 24.8. The molecule has 0 bridgehead atoms. The molecule has 1 fully saturated rings. The van der Waals surface area contributed by atoms with E-state index in [0.717, 1.165) is 73.0 Å². The van der Waals surface area contributed by atoms with E-state index in [1.807, 2.05) is 13.8 Å². The van der Waals surface area contributed by atoms with Gasteiger partial charge in [0.2, 0.25) is 0 Å². The maximum atomic E-state index is 6.68. The van der Waals surface area contributed by atoms with Crippen molar-refractivity contribution in [3.63, 3.8) is 0 Å². The first-order valence-electron chi connectivity index (χ1n) is 15.0. The lowest BCUT2D eigenvalue weighted by molar-refractivity contribution is -0.168. The maximum absolute atomic E-state index is 6.68. The van der Waals surface area contributed by atoms with E-state index in [-0.39, 0.29) is 12.2 Å². The summed E-state index contributed by atoms with van der Waals surface area (Å²) >= 11 is 0. The monoisotopic (exact) mass is 570 g/mol. The lowest BCUT2D eigenvalue weighted by Gasteiger charge is -2.43. The second-order valence-electron chi connectivity index (χ2n) is 10.9. The van der Waals surface area contributed by atoms with Gasteiger partial charge in [0.25, 0.3) is 0 Å². The molecular formula is C32H46N2O7. The van der Waals surface area contributed by atoms with Gasteiger partial charge in [0.15, 0.2) is 0 Å². The van der Waals surface area contributed by atoms with Gasteiger partial charge in [-0.3, -0.25) is 0 Å². The van der Waals surface area contributed by atoms with Crippen LogP contribution in [0.25, 0.3) is 0 Å². The Morgan fingerprint density at radius 2 is 1.90 bits per heavy atom. The third kappa shape index (κ3) is 7.34. The molecule has 9 nitrogen and oxygen atoms in total. The number of hydrogen-bond donors (Lipinski definition) is 1. The van der Waals surface area contributed by atoms with Crippen molar-refractivity contribution in [1.82, 2.24) is 5.32 Å². The van der Waals surface area contributed by atoms with Gasteiger partial charge >= 0.3 is 0 Å². The molecule has 0 saturated carbocycles. The maximum Gasteiger partial charge on any atom is 0.142 e. The van der Waals surface area contributed by atoms with E-state index in [9.17, 15) is 0 Å². The van der Waals surface area contributed by atoms with Crippen molar-refractivity contribution < 1.29 is 33.2 Å². The predicted octanol–water partition coefficient (Wildman–Crippen LogP) is 4.05. The van der Waals surface area contributed by atoms with E-state index in [4.69, 9.17) is 33.2 Å². The first kappa shape index (κ1) is 30.1. The molecule has 3 heterocycles. The number of methoxy groups -OCH3 is 1. The average molecular weight is 571 g/mol. The van der Waals surface area contributed by atoms with Gasteiger partial charge in [-0.1, -0.05) is 18.2 Å². The summed E-state index contributed by atoms with van der Waals surface area (Å²) in [6.07, 6.45) is 1.69. The fourth-order valence-corrected chi connectivity index (χ4v) is 5.99. The first-order valence-corrected chi connectivity index (χ1v) is 15.0. The smallest absolute Gasteiger partial charge is 0.142 e. The molecule has 0 radical (unpaired) electrons. The summed E-state index contributed by atoms with van der Waals surface area (Å²) in [6, 6.07) is 12.7. The topological polar surface area (TPSA) is 79.9 Å². The molecule has 9 heteroatoms. The van der Waals surface area contributed by atoms with E-state index in [1.165, 1.54) is 0 Å². The summed E-state index contributed by atoms with van der Waals surface area (Å²) in [7, 11) is 1.75. The highest BCUT2D eigenvalue weighted by atomic mass is 16.6. The molecule has 2 aromatic rings. The molecule has 3 atom stereocenters. The second kappa shape index (κ2) is 14.7. The molecule has 3 aliphatic rings. The summed E-state index contributed by atoms with van der Waals surface area (Å²) in [6.45, 7) is 12.1. The van der Waals surface area contributed by atoms with Gasteiger partial charge in [-0.05, 0) is 62.6 Å². The number of hydrogen-bond acceptors (Lipinski definition) is 9. The molecule has 41 heavy (non-hydrogen) atoms. The third-order valence-corrected chi connectivity index (χ3v) is 8.01. The average Bonchev–Trinajstić information content (AvgIpc) is 3.16. The minimum absolute atomic E-state index is 0.0720. The van der Waals surface area contributed by atoms with Crippen LogP contribution in [0.3, 0.4) is 0 Å². The largest absolute Gasteiger partial charge is 0.491 e. The molecule has 1 N–H and O–H groups in total. The van der Waals surface area contributed by atoms with E-state index < -0.39 is 5.60 Å². The molecule has 0 aliphatic carbocycles. The number of nitrogens with zero attached hydrogens (tertiary/aromatic N) is 1. The molecule has 3 aliphatic heterocycles. The van der Waals surface area contributed by atoms with Gasteiger partial charge < -0.3 is 43.4 Å². The molecule has 5 rings (SSSR count). The Morgan fingerprint density at radius 3 is 2.78 bits per heavy atom. The van der Waals surface area contributed by atoms with Crippen molar-refractivity contribution >= 4 is 5.69 Å². The summed E-state index contributed by atoms with van der Waals surface area (Å²) in [5, 5.41) is 3.52. The zero-order chi connectivity index (χ0) is 28.5. The molecule has 1 spiro atoms. The van der Waals surface area contributed by atoms with E-state index in [0.29, 0.717) is 52.8 Å². The number of ether oxygens (including phenoxy) is 7. The number of anilines is 1. The predicted molar refractivity (Wildman–Crippen MR) is 157 cm³/mol. The normalized spacial score (nSPS) is 22.8. The molecule has 226 valence electrons. The Hall–Kier alpha value is -2.40. The molecule has 1 saturated heterocycles. The standard InChI is InChI=1S/C32H46N2O7/c1-4-37-24(2)21-36-22-26-6-8-27-30(19-26)39-16-17-41-32(27)10-11-33-20-31(32)40-23-25-7-9-29-28(18-25)34(13-15-38-29)12-5-14-35-3/h6-9,18-19,24,31,33H,4-5,10-17,20-23H2,1-3H3/t24?,31-,32-/m0/s1. The third-order valence-electron chi connectivity index (χ3n) is 8.01. The Labute approximate surface area is 244 Å². The molecule has 0 aromatic heterocycles. The van der Waals surface area contributed by atoms with Crippen molar-refractivity contribution in [3.05, 3.63) is 53.1 Å². The highest BCUT2D eigenvalue weighted by Crippen LogP contribution is 2.44. The molecule has 1 unspecified atom stereocenters. The van der Waals surface area contributed by atoms with Crippen molar-refractivity contribution in [2.75, 3.05) is 77.8 Å². The Kier molecular flexibility index (Phi) is 10.8. The number of rotatable bonds is 13. The van der Waals surface area contributed by atoms with Crippen molar-refractivity contribution in [2.45, 2.75) is 57.7 Å². The lowest BCUT2D eigenvalue weighted by atomic mass is 9.81. The number of benzene rings is 2. The molecule has 2 aromatic carbocycles. The van der Waals surface area contributed by atoms with Crippen LogP contribution in [-0.4, -0.2) is 85.1 Å². The highest BCUT2D eigenvalue weighted by molar-refractivity contribution is 5.61. The van der Waals surface area contributed by atoms with Crippen LogP contribution in [0.2, 0.25) is 0 Å². The van der Waals surface area contributed by atoms with E-state index in [2.05, 4.69) is 46.6 Å². The van der Waals surface area contributed by atoms with Crippen LogP contribution in [0.4, 0.5) is 5.69 Å². The van der Waals surface area contributed by atoms with Gasteiger partial charge in [0.05, 0.1) is 44.8 Å². The summed E-state index contributed by atoms with van der Waals surface area (Å²) < 4.78 is 42.2. The Bertz CT molecular complexity index is 1120. The van der Waals surface area contributed by atoms with Crippen LogP contribution >= 0.6 is 0 Å². The highest BCUT2D eigenvalue weighted by Gasteiger charge is 2.47. The number of nitrogens with one attached hydrogen (secondary N) is 1. The number of piperidine rings is 1. The van der Waals surface area contributed by atoms with Gasteiger partial charge in [-0.25, -0.2) is 0 Å². The van der Waals surface area contributed by atoms with Crippen molar-refractivity contribution in [2.24, 2.45) is 0 Å². The van der Waals surface area contributed by atoms with Crippen LogP contribution in [-0.2, 0) is 42.5 Å². The fourth-order valence-electron chi connectivity index (χ4n) is 5.99. The summed E-state index contributed by atoms with van der Waals surface area (Å²) in [5.74, 6) is 1.79. The summed E-state index contributed by atoms with van der Waals surface area (Å²) in [4.78, 5) is 2.38. The van der Waals surface area contributed by atoms with Crippen LogP contribution in [0.5, 0.6) is 11.5 Å². The van der Waals surface area contributed by atoms with Gasteiger partial charge in [0, 0.05) is 39.0 Å². The van der Waals surface area contributed by atoms with Gasteiger partial charge in [-0.15, -0.1) is 0 Å². The summed E-state index contributed by atoms with van der Waals surface area (Å²) in [5.41, 5.74) is 3.78. The zero-order valence-corrected chi connectivity index (χ0v) is 24.8. The van der Waals surface area contributed by atoms with Crippen LogP contribution in [0.1, 0.15) is 43.4 Å². The SMILES string of the molecule is CCOC(C)COCc1ccc2c(c1)OCCO[C@@]21CCNC[C@@H]1OCc1ccc2c(c1)N(CCCOC)CCO2. The fraction of sp³-hybridized carbons (Fsp3) is 0.625. The van der Waals surface area contributed by atoms with Gasteiger partial charge in [0.1, 0.15) is 36.4 Å². The second-order valence-corrected chi connectivity index (χ2v) is 10.9. The van der Waals surface area contributed by atoms with Gasteiger partial charge in [-0.2, -0.15) is 0 Å².